The van der Waals surface area contributed by atoms with Crippen LogP contribution in [0.5, 0.6) is 5.75 Å². The minimum absolute atomic E-state index is 0.247. The van der Waals surface area contributed by atoms with Crippen molar-refractivity contribution in [3.05, 3.63) is 46.3 Å². The van der Waals surface area contributed by atoms with Crippen molar-refractivity contribution in [1.82, 2.24) is 14.9 Å². The van der Waals surface area contributed by atoms with Gasteiger partial charge in [0.25, 0.3) is 0 Å². The summed E-state index contributed by atoms with van der Waals surface area (Å²) in [5, 5.41) is 19.6. The molecule has 0 spiro atoms. The van der Waals surface area contributed by atoms with Gasteiger partial charge in [0, 0.05) is 56.5 Å². The number of benzene rings is 1. The molecule has 0 amide bonds. The molecule has 6 heteroatoms. The molecule has 2 aromatic rings. The highest BCUT2D eigenvalue weighted by Gasteiger charge is 2.41. The molecule has 2 fully saturated rings. The van der Waals surface area contributed by atoms with E-state index in [2.05, 4.69) is 28.1 Å². The maximum atomic E-state index is 10.1. The van der Waals surface area contributed by atoms with Gasteiger partial charge in [0.2, 0.25) is 5.95 Å². The number of phenolic OH excluding ortho intramolecular Hbond substituents is 1. The van der Waals surface area contributed by atoms with Gasteiger partial charge in [-0.05, 0) is 62.1 Å². The molecule has 30 heavy (non-hydrogen) atoms. The molecule has 160 valence electrons. The van der Waals surface area contributed by atoms with Crippen molar-refractivity contribution < 1.29 is 10.2 Å². The van der Waals surface area contributed by atoms with E-state index in [1.54, 1.807) is 0 Å². The van der Waals surface area contributed by atoms with Crippen LogP contribution in [0, 0.1) is 19.8 Å². The summed E-state index contributed by atoms with van der Waals surface area (Å²) >= 11 is 0. The molecule has 3 atom stereocenters. The molecule has 0 saturated carbocycles. The summed E-state index contributed by atoms with van der Waals surface area (Å²) in [5.41, 5.74) is 5.67. The van der Waals surface area contributed by atoms with Crippen LogP contribution in [0.1, 0.15) is 59.7 Å². The average molecular weight is 409 g/mol. The molecule has 5 rings (SSSR count). The Bertz CT molecular complexity index is 924. The van der Waals surface area contributed by atoms with Crippen molar-refractivity contribution >= 4 is 5.95 Å². The van der Waals surface area contributed by atoms with Crippen molar-refractivity contribution in [2.75, 3.05) is 24.6 Å². The van der Waals surface area contributed by atoms with E-state index in [1.165, 1.54) is 23.2 Å². The predicted octanol–water partition coefficient (Wildman–Crippen LogP) is 3.27. The van der Waals surface area contributed by atoms with Crippen LogP contribution in [0.2, 0.25) is 0 Å². The summed E-state index contributed by atoms with van der Waals surface area (Å²) in [7, 11) is 0. The van der Waals surface area contributed by atoms with Gasteiger partial charge in [-0.1, -0.05) is 12.1 Å². The highest BCUT2D eigenvalue weighted by atomic mass is 16.3. The molecule has 2 bridgehead atoms. The van der Waals surface area contributed by atoms with Crippen LogP contribution in [0.3, 0.4) is 0 Å². The lowest BCUT2D eigenvalue weighted by Gasteiger charge is -2.37. The number of fused-ring (bicyclic) bond motifs is 4. The van der Waals surface area contributed by atoms with Gasteiger partial charge < -0.3 is 15.1 Å². The fourth-order valence-corrected chi connectivity index (χ4v) is 5.71. The van der Waals surface area contributed by atoms with Gasteiger partial charge in [0.05, 0.1) is 5.69 Å². The smallest absolute Gasteiger partial charge is 0.225 e. The third kappa shape index (κ3) is 3.46. The summed E-state index contributed by atoms with van der Waals surface area (Å²) in [6.45, 7) is 6.94. The Morgan fingerprint density at radius 3 is 2.70 bits per heavy atom. The minimum atomic E-state index is 0.247. The molecule has 1 aromatic carbocycles. The second-order valence-corrected chi connectivity index (χ2v) is 9.41. The van der Waals surface area contributed by atoms with Gasteiger partial charge >= 0.3 is 0 Å². The van der Waals surface area contributed by atoms with Crippen LogP contribution >= 0.6 is 0 Å². The molecule has 6 nitrogen and oxygen atoms in total. The zero-order chi connectivity index (χ0) is 20.8. The van der Waals surface area contributed by atoms with E-state index in [-0.39, 0.29) is 6.61 Å². The average Bonchev–Trinajstić information content (AvgIpc) is 3.03. The number of piperidine rings is 1. The van der Waals surface area contributed by atoms with Crippen LogP contribution in [-0.4, -0.2) is 50.8 Å². The van der Waals surface area contributed by atoms with Gasteiger partial charge in [-0.15, -0.1) is 0 Å². The topological polar surface area (TPSA) is 72.7 Å². The quantitative estimate of drug-likeness (QED) is 0.809. The fraction of sp³-hybridized carbons (Fsp3) is 0.583. The van der Waals surface area contributed by atoms with Crippen LogP contribution in [-0.2, 0) is 13.0 Å². The first-order chi connectivity index (χ1) is 14.5. The maximum absolute atomic E-state index is 10.1. The Hall–Kier alpha value is -2.18. The molecular weight excluding hydrogens is 376 g/mol. The van der Waals surface area contributed by atoms with E-state index >= 15 is 0 Å². The lowest BCUT2D eigenvalue weighted by atomic mass is 9.97. The number of aliphatic hydroxyl groups is 1. The third-order valence-corrected chi connectivity index (χ3v) is 7.29. The molecule has 2 N–H and O–H groups in total. The molecule has 2 saturated heterocycles. The fourth-order valence-electron chi connectivity index (χ4n) is 5.71. The number of hydrogen-bond acceptors (Lipinski definition) is 6. The molecule has 1 aromatic heterocycles. The minimum Gasteiger partial charge on any atom is -0.507 e. The first-order valence-electron chi connectivity index (χ1n) is 11.3. The van der Waals surface area contributed by atoms with E-state index < -0.39 is 0 Å². The predicted molar refractivity (Wildman–Crippen MR) is 117 cm³/mol. The van der Waals surface area contributed by atoms with E-state index in [9.17, 15) is 10.2 Å². The normalized spacial score (nSPS) is 26.1. The zero-order valence-electron chi connectivity index (χ0n) is 18.0. The first-order valence-corrected chi connectivity index (χ1v) is 11.3. The van der Waals surface area contributed by atoms with E-state index in [1.807, 2.05) is 13.8 Å². The Morgan fingerprint density at radius 2 is 1.93 bits per heavy atom. The molecule has 0 aliphatic carbocycles. The summed E-state index contributed by atoms with van der Waals surface area (Å²) in [6, 6.07) is 5.13. The number of phenols is 1. The van der Waals surface area contributed by atoms with Crippen molar-refractivity contribution in [3.8, 4) is 5.75 Å². The number of nitrogens with zero attached hydrogens (tertiary/aromatic N) is 4. The maximum Gasteiger partial charge on any atom is 0.225 e. The van der Waals surface area contributed by atoms with Gasteiger partial charge in [-0.25, -0.2) is 9.97 Å². The van der Waals surface area contributed by atoms with Crippen molar-refractivity contribution in [3.63, 3.8) is 0 Å². The highest BCUT2D eigenvalue weighted by Crippen LogP contribution is 2.44. The lowest BCUT2D eigenvalue weighted by molar-refractivity contribution is 0.166. The Kier molecular flexibility index (Phi) is 5.15. The monoisotopic (exact) mass is 408 g/mol. The number of rotatable bonds is 4. The number of aliphatic hydroxyl groups excluding tert-OH is 1. The van der Waals surface area contributed by atoms with Crippen molar-refractivity contribution in [2.24, 2.45) is 5.92 Å². The first kappa shape index (κ1) is 19.8. The van der Waals surface area contributed by atoms with Crippen LogP contribution in [0.25, 0.3) is 0 Å². The van der Waals surface area contributed by atoms with Crippen molar-refractivity contribution in [1.29, 1.82) is 0 Å². The largest absolute Gasteiger partial charge is 0.507 e. The van der Waals surface area contributed by atoms with Crippen molar-refractivity contribution in [2.45, 2.75) is 64.6 Å². The molecular formula is C24H32N4O2. The Balaban J connectivity index is 1.37. The standard InChI is InChI=1S/C24H32N4O2/c1-15-8-18(9-16(2)23(15)30)13-28-19-5-6-22(28)20-11-25-24(26-21(20)10-19)27-7-3-4-17(12-27)14-29/h8-9,11,17,19,22,29-30H,3-7,10,12-14H2,1-2H3. The van der Waals surface area contributed by atoms with E-state index in [0.717, 1.165) is 62.4 Å². The Morgan fingerprint density at radius 1 is 1.13 bits per heavy atom. The van der Waals surface area contributed by atoms with Crippen LogP contribution in [0.4, 0.5) is 5.95 Å². The summed E-state index contributed by atoms with van der Waals surface area (Å²) in [4.78, 5) is 14.6. The number of hydrogen-bond donors (Lipinski definition) is 2. The Labute approximate surface area is 178 Å². The highest BCUT2D eigenvalue weighted by molar-refractivity contribution is 5.43. The third-order valence-electron chi connectivity index (χ3n) is 7.29. The molecule has 3 aliphatic heterocycles. The summed E-state index contributed by atoms with van der Waals surface area (Å²) in [6.07, 6.45) is 7.58. The molecule has 0 radical (unpaired) electrons. The van der Waals surface area contributed by atoms with Gasteiger partial charge in [-0.3, -0.25) is 4.90 Å². The second-order valence-electron chi connectivity index (χ2n) is 9.41. The summed E-state index contributed by atoms with van der Waals surface area (Å²) < 4.78 is 0. The summed E-state index contributed by atoms with van der Waals surface area (Å²) in [5.74, 6) is 1.58. The second kappa shape index (κ2) is 7.82. The number of aromatic hydroxyl groups is 1. The lowest BCUT2D eigenvalue weighted by Crippen LogP contribution is -2.40. The number of aromatic nitrogens is 2. The molecule has 3 unspecified atom stereocenters. The molecule has 3 aliphatic rings. The SMILES string of the molecule is Cc1cc(CN2C3CCC2c2cnc(N4CCCC(CO)C4)nc2C3)cc(C)c1O. The van der Waals surface area contributed by atoms with Gasteiger partial charge in [0.15, 0.2) is 0 Å². The number of aryl methyl sites for hydroxylation is 2. The van der Waals surface area contributed by atoms with Crippen LogP contribution < -0.4 is 4.90 Å². The molecule has 4 heterocycles. The van der Waals surface area contributed by atoms with E-state index in [4.69, 9.17) is 9.97 Å². The number of anilines is 1. The van der Waals surface area contributed by atoms with Crippen LogP contribution in [0.15, 0.2) is 18.3 Å². The van der Waals surface area contributed by atoms with Gasteiger partial charge in [0.1, 0.15) is 5.75 Å². The van der Waals surface area contributed by atoms with Gasteiger partial charge in [-0.2, -0.15) is 0 Å². The van der Waals surface area contributed by atoms with E-state index in [0.29, 0.717) is 23.8 Å². The zero-order valence-corrected chi connectivity index (χ0v) is 18.0.